The van der Waals surface area contributed by atoms with Gasteiger partial charge in [-0.15, -0.1) is 0 Å². The molecule has 1 amide bonds. The summed E-state index contributed by atoms with van der Waals surface area (Å²) in [4.78, 5) is 52.5. The van der Waals surface area contributed by atoms with Gasteiger partial charge in [-0.25, -0.2) is 4.79 Å². The third-order valence-electron chi connectivity index (χ3n) is 4.17. The Morgan fingerprint density at radius 1 is 1.21 bits per heavy atom. The van der Waals surface area contributed by atoms with Gasteiger partial charge in [0.1, 0.15) is 17.7 Å². The summed E-state index contributed by atoms with van der Waals surface area (Å²) in [6, 6.07) is 4.67. The van der Waals surface area contributed by atoms with Gasteiger partial charge in [0, 0.05) is 17.5 Å². The molecule has 0 spiro atoms. The van der Waals surface area contributed by atoms with Gasteiger partial charge in [-0.1, -0.05) is 12.1 Å². The Labute approximate surface area is 162 Å². The number of hydrogen-bond acceptors (Lipinski definition) is 7. The van der Waals surface area contributed by atoms with E-state index in [1.807, 2.05) is 0 Å². The van der Waals surface area contributed by atoms with Crippen LogP contribution in [0.25, 0.3) is 22.2 Å². The van der Waals surface area contributed by atoms with E-state index >= 15 is 0 Å². The molecule has 0 bridgehead atoms. The highest BCUT2D eigenvalue weighted by atomic mass is 16.4. The van der Waals surface area contributed by atoms with Crippen LogP contribution in [-0.2, 0) is 9.59 Å². The second kappa shape index (κ2) is 7.84. The number of fused-ring (bicyclic) bond motifs is 1. The number of anilines is 1. The molecule has 2 heterocycles. The number of carbonyl (C=O) groups is 3. The number of nitrogens with one attached hydrogen (secondary N) is 2. The molecule has 0 radical (unpaired) electrons. The fourth-order valence-corrected chi connectivity index (χ4v) is 2.75. The number of aromatic amines is 1. The molecule has 11 nitrogen and oxygen atoms in total. The highest BCUT2D eigenvalue weighted by Gasteiger charge is 2.22. The molecule has 0 fully saturated rings. The van der Waals surface area contributed by atoms with Crippen molar-refractivity contribution in [3.8, 4) is 11.1 Å². The lowest BCUT2D eigenvalue weighted by Crippen LogP contribution is -2.41. The van der Waals surface area contributed by atoms with E-state index in [2.05, 4.69) is 15.3 Å². The molecule has 6 N–H and O–H groups in total. The number of nitrogens with zero attached hydrogens (tertiary/aromatic N) is 1. The van der Waals surface area contributed by atoms with Crippen molar-refractivity contribution in [2.75, 3.05) is 5.73 Å². The molecule has 29 heavy (non-hydrogen) atoms. The monoisotopic (exact) mass is 400 g/mol. The molecule has 0 aliphatic carbocycles. The minimum atomic E-state index is -1.33. The van der Waals surface area contributed by atoms with Crippen LogP contribution in [0, 0.1) is 0 Å². The first kappa shape index (κ1) is 19.6. The molecule has 3 aromatic rings. The summed E-state index contributed by atoms with van der Waals surface area (Å²) in [5, 5.41) is 20.3. The Balaban J connectivity index is 1.81. The number of carboxylic acids is 2. The van der Waals surface area contributed by atoms with Crippen LogP contribution in [0.1, 0.15) is 23.2 Å². The number of nitrogen functional groups attached to an aromatic ring is 1. The van der Waals surface area contributed by atoms with E-state index < -0.39 is 35.9 Å². The molecule has 1 atom stereocenters. The van der Waals surface area contributed by atoms with Crippen molar-refractivity contribution >= 4 is 34.9 Å². The molecule has 0 saturated heterocycles. The predicted molar refractivity (Wildman–Crippen MR) is 100 cm³/mol. The fourth-order valence-electron chi connectivity index (χ4n) is 2.75. The van der Waals surface area contributed by atoms with Gasteiger partial charge in [0.2, 0.25) is 11.7 Å². The summed E-state index contributed by atoms with van der Waals surface area (Å²) < 4.78 is 5.26. The van der Waals surface area contributed by atoms with Gasteiger partial charge in [-0.2, -0.15) is 4.98 Å². The summed E-state index contributed by atoms with van der Waals surface area (Å²) in [5.41, 5.74) is 6.27. The minimum absolute atomic E-state index is 0.0748. The maximum atomic E-state index is 12.3. The summed E-state index contributed by atoms with van der Waals surface area (Å²) in [6.45, 7) is 0. The molecule has 150 valence electrons. The number of aromatic nitrogens is 2. The number of furan rings is 1. The Kier molecular flexibility index (Phi) is 5.30. The van der Waals surface area contributed by atoms with Crippen molar-refractivity contribution in [2.24, 2.45) is 0 Å². The van der Waals surface area contributed by atoms with Gasteiger partial charge in [-0.05, 0) is 24.1 Å². The zero-order valence-electron chi connectivity index (χ0n) is 14.8. The largest absolute Gasteiger partial charge is 0.481 e. The Hall–Kier alpha value is -4.15. The van der Waals surface area contributed by atoms with Gasteiger partial charge in [0.15, 0.2) is 0 Å². The van der Waals surface area contributed by atoms with E-state index in [9.17, 15) is 19.2 Å². The number of benzene rings is 1. The lowest BCUT2D eigenvalue weighted by Gasteiger charge is -2.13. The number of carboxylic acid groups (broad SMARTS) is 2. The number of amides is 1. The van der Waals surface area contributed by atoms with Crippen molar-refractivity contribution < 1.29 is 29.0 Å². The lowest BCUT2D eigenvalue weighted by molar-refractivity contribution is -0.140. The Morgan fingerprint density at radius 3 is 2.52 bits per heavy atom. The Morgan fingerprint density at radius 2 is 1.90 bits per heavy atom. The van der Waals surface area contributed by atoms with E-state index in [0.29, 0.717) is 11.1 Å². The van der Waals surface area contributed by atoms with Gasteiger partial charge in [0.05, 0.1) is 0 Å². The predicted octanol–water partition coefficient (Wildman–Crippen LogP) is 0.813. The molecule has 0 unspecified atom stereocenters. The van der Waals surface area contributed by atoms with Crippen LogP contribution in [0.4, 0.5) is 5.95 Å². The zero-order valence-corrected chi connectivity index (χ0v) is 14.8. The number of H-pyrrole nitrogens is 1. The van der Waals surface area contributed by atoms with Crippen LogP contribution in [0.15, 0.2) is 39.7 Å². The first-order chi connectivity index (χ1) is 13.8. The van der Waals surface area contributed by atoms with Crippen molar-refractivity contribution in [1.29, 1.82) is 0 Å². The smallest absolute Gasteiger partial charge is 0.326 e. The van der Waals surface area contributed by atoms with Gasteiger partial charge < -0.3 is 25.7 Å². The van der Waals surface area contributed by atoms with Gasteiger partial charge in [-0.3, -0.25) is 19.4 Å². The average molecular weight is 400 g/mol. The second-order valence-electron chi connectivity index (χ2n) is 6.15. The molecular weight excluding hydrogens is 384 g/mol. The third kappa shape index (κ3) is 4.24. The first-order valence-corrected chi connectivity index (χ1v) is 8.39. The number of carbonyl (C=O) groups excluding carboxylic acids is 1. The van der Waals surface area contributed by atoms with E-state index in [1.54, 1.807) is 12.1 Å². The molecule has 3 rings (SSSR count). The summed E-state index contributed by atoms with van der Waals surface area (Å²) in [5.74, 6) is -3.23. The number of aliphatic carboxylic acids is 2. The molecule has 2 aromatic heterocycles. The van der Waals surface area contributed by atoms with E-state index in [-0.39, 0.29) is 29.0 Å². The number of rotatable bonds is 7. The first-order valence-electron chi connectivity index (χ1n) is 8.39. The van der Waals surface area contributed by atoms with Crippen LogP contribution in [0.3, 0.4) is 0 Å². The van der Waals surface area contributed by atoms with Gasteiger partial charge in [0.25, 0.3) is 11.5 Å². The van der Waals surface area contributed by atoms with E-state index in [4.69, 9.17) is 20.4 Å². The number of hydrogen-bond donors (Lipinski definition) is 5. The topological polar surface area (TPSA) is 189 Å². The van der Waals surface area contributed by atoms with Crippen molar-refractivity contribution in [3.63, 3.8) is 0 Å². The van der Waals surface area contributed by atoms with E-state index in [0.717, 1.165) is 0 Å². The molecule has 1 aromatic carbocycles. The fraction of sp³-hybridized carbons (Fsp3) is 0.167. The van der Waals surface area contributed by atoms with Crippen LogP contribution >= 0.6 is 0 Å². The standard InChI is InChI=1S/C18H16N4O7/c19-18-21-15(26)13-10(7-29-16(13)22-18)8-1-3-9(4-2-8)14(25)20-11(17(27)28)5-6-12(23)24/h1-4,7,11H,5-6H2,(H,20,25)(H,23,24)(H,27,28)(H3,19,21,22,26)/t11-/m0/s1. The molecule has 0 aliphatic rings. The number of nitrogens with two attached hydrogens (primary N) is 1. The summed E-state index contributed by atoms with van der Waals surface area (Å²) in [6.07, 6.45) is 0.707. The quantitative estimate of drug-likeness (QED) is 0.382. The summed E-state index contributed by atoms with van der Waals surface area (Å²) >= 11 is 0. The third-order valence-corrected chi connectivity index (χ3v) is 4.17. The van der Waals surface area contributed by atoms with Crippen molar-refractivity contribution in [2.45, 2.75) is 18.9 Å². The maximum absolute atomic E-state index is 12.3. The SMILES string of the molecule is Nc1nc2occ(-c3ccc(C(=O)N[C@@H](CCC(=O)O)C(=O)O)cc3)c2c(=O)[nH]1. The summed E-state index contributed by atoms with van der Waals surface area (Å²) in [7, 11) is 0. The van der Waals surface area contributed by atoms with Crippen LogP contribution in [0.5, 0.6) is 0 Å². The van der Waals surface area contributed by atoms with Gasteiger partial charge >= 0.3 is 11.9 Å². The Bertz CT molecular complexity index is 1150. The van der Waals surface area contributed by atoms with Crippen LogP contribution < -0.4 is 16.6 Å². The highest BCUT2D eigenvalue weighted by Crippen LogP contribution is 2.27. The second-order valence-corrected chi connectivity index (χ2v) is 6.15. The normalized spacial score (nSPS) is 11.9. The maximum Gasteiger partial charge on any atom is 0.326 e. The minimum Gasteiger partial charge on any atom is -0.481 e. The van der Waals surface area contributed by atoms with Crippen molar-refractivity contribution in [3.05, 3.63) is 46.4 Å². The average Bonchev–Trinajstić information content (AvgIpc) is 3.08. The van der Waals surface area contributed by atoms with Crippen molar-refractivity contribution in [1.82, 2.24) is 15.3 Å². The van der Waals surface area contributed by atoms with Crippen LogP contribution in [0.2, 0.25) is 0 Å². The molecule has 0 aliphatic heterocycles. The zero-order chi connectivity index (χ0) is 21.1. The van der Waals surface area contributed by atoms with E-state index in [1.165, 1.54) is 18.4 Å². The molecule has 11 heteroatoms. The molecular formula is C18H16N4O7. The highest BCUT2D eigenvalue weighted by molar-refractivity contribution is 5.98. The van der Waals surface area contributed by atoms with Crippen LogP contribution in [-0.4, -0.2) is 44.1 Å². The lowest BCUT2D eigenvalue weighted by atomic mass is 10.0. The molecule has 0 saturated carbocycles.